The zero-order valence-corrected chi connectivity index (χ0v) is 18.1. The van der Waals surface area contributed by atoms with Crippen LogP contribution in [0.1, 0.15) is 11.1 Å². The van der Waals surface area contributed by atoms with Crippen molar-refractivity contribution in [3.05, 3.63) is 67.7 Å². The number of halogens is 2. The molecule has 0 aliphatic rings. The largest absolute Gasteiger partial charge is 0.504 e. The van der Waals surface area contributed by atoms with Gasteiger partial charge in [0, 0.05) is 4.47 Å². The molecule has 3 aromatic rings. The molecule has 0 saturated carbocycles. The number of phenols is 1. The Hall–Kier alpha value is -2.13. The lowest BCUT2D eigenvalue weighted by Gasteiger charge is -2.08. The number of aromatic hydroxyl groups is 1. The van der Waals surface area contributed by atoms with E-state index in [9.17, 15) is 9.90 Å². The zero-order chi connectivity index (χ0) is 19.4. The van der Waals surface area contributed by atoms with Crippen LogP contribution in [0.15, 0.2) is 58.1 Å². The summed E-state index contributed by atoms with van der Waals surface area (Å²) in [5, 5.41) is 16.0. The van der Waals surface area contributed by atoms with Crippen LogP contribution in [0.3, 0.4) is 0 Å². The summed E-state index contributed by atoms with van der Waals surface area (Å²) in [5.41, 5.74) is 4.19. The molecular weight excluding hydrogens is 523 g/mol. The number of hydrazone groups is 1. The molecule has 1 amide bonds. The van der Waals surface area contributed by atoms with Gasteiger partial charge in [-0.3, -0.25) is 4.79 Å². The maximum absolute atomic E-state index is 12.3. The summed E-state index contributed by atoms with van der Waals surface area (Å²) in [4.78, 5) is 12.3. The van der Waals surface area contributed by atoms with Gasteiger partial charge in [-0.1, -0.05) is 46.3 Å². The molecule has 0 saturated heterocycles. The van der Waals surface area contributed by atoms with E-state index in [2.05, 4.69) is 26.5 Å². The minimum Gasteiger partial charge on any atom is -0.504 e. The molecule has 5 nitrogen and oxygen atoms in total. The van der Waals surface area contributed by atoms with Gasteiger partial charge in [0.2, 0.25) is 5.91 Å². The molecular formula is C20H16BrIN2O3. The van der Waals surface area contributed by atoms with Crippen molar-refractivity contribution in [3.8, 4) is 11.5 Å². The maximum atomic E-state index is 12.3. The number of hydrogen-bond donors (Lipinski definition) is 2. The summed E-state index contributed by atoms with van der Waals surface area (Å²) < 4.78 is 6.75. The van der Waals surface area contributed by atoms with Crippen molar-refractivity contribution in [1.29, 1.82) is 0 Å². The summed E-state index contributed by atoms with van der Waals surface area (Å²) in [6.45, 7) is 0. The molecule has 0 aliphatic heterocycles. The van der Waals surface area contributed by atoms with Crippen LogP contribution in [0.25, 0.3) is 10.8 Å². The predicted octanol–water partition coefficient (Wildman–Crippen LogP) is 4.61. The summed E-state index contributed by atoms with van der Waals surface area (Å²) in [5.74, 6) is 0.233. The van der Waals surface area contributed by atoms with E-state index in [0.29, 0.717) is 14.9 Å². The summed E-state index contributed by atoms with van der Waals surface area (Å²) >= 11 is 5.54. The first kappa shape index (κ1) is 19.6. The first-order valence-electron chi connectivity index (χ1n) is 8.04. The SMILES string of the molecule is COc1cc(/C=N\NC(=O)Cc2ccc(Br)c3ccccc23)cc(I)c1O. The van der Waals surface area contributed by atoms with Crippen LogP contribution in [0.5, 0.6) is 11.5 Å². The molecule has 0 atom stereocenters. The Balaban J connectivity index is 1.71. The molecule has 0 bridgehead atoms. The Morgan fingerprint density at radius 1 is 1.26 bits per heavy atom. The Morgan fingerprint density at radius 2 is 2.00 bits per heavy atom. The van der Waals surface area contributed by atoms with Gasteiger partial charge in [0.1, 0.15) is 0 Å². The first-order valence-corrected chi connectivity index (χ1v) is 9.91. The highest BCUT2D eigenvalue weighted by Crippen LogP contribution is 2.31. The van der Waals surface area contributed by atoms with Gasteiger partial charge < -0.3 is 9.84 Å². The molecule has 0 radical (unpaired) electrons. The fourth-order valence-electron chi connectivity index (χ4n) is 2.69. The number of phenolic OH excluding ortho intramolecular Hbond substituents is 1. The Kier molecular flexibility index (Phi) is 6.33. The lowest BCUT2D eigenvalue weighted by Crippen LogP contribution is -2.19. The average molecular weight is 539 g/mol. The molecule has 3 rings (SSSR count). The number of rotatable bonds is 5. The average Bonchev–Trinajstić information content (AvgIpc) is 2.67. The third-order valence-electron chi connectivity index (χ3n) is 3.99. The predicted molar refractivity (Wildman–Crippen MR) is 118 cm³/mol. The smallest absolute Gasteiger partial charge is 0.244 e. The highest BCUT2D eigenvalue weighted by atomic mass is 127. The lowest BCUT2D eigenvalue weighted by atomic mass is 10.0. The van der Waals surface area contributed by atoms with E-state index in [1.54, 1.807) is 12.1 Å². The Labute approximate surface area is 178 Å². The zero-order valence-electron chi connectivity index (χ0n) is 14.4. The second-order valence-electron chi connectivity index (χ2n) is 5.78. The summed E-state index contributed by atoms with van der Waals surface area (Å²) in [6, 6.07) is 15.2. The number of nitrogens with zero attached hydrogens (tertiary/aromatic N) is 1. The van der Waals surface area contributed by atoms with Gasteiger partial charge in [0.25, 0.3) is 0 Å². The number of carbonyl (C=O) groups excluding carboxylic acids is 1. The normalized spacial score (nSPS) is 11.1. The van der Waals surface area contributed by atoms with E-state index in [1.165, 1.54) is 13.3 Å². The molecule has 0 heterocycles. The standard InChI is InChI=1S/C20H16BrIN2O3/c1-27-18-9-12(8-17(22)20(18)26)11-23-24-19(25)10-13-6-7-16(21)15-5-3-2-4-14(13)15/h2-9,11,26H,10H2,1H3,(H,24,25)/b23-11-. The number of hydrogen-bond acceptors (Lipinski definition) is 4. The van der Waals surface area contributed by atoms with Crippen LogP contribution < -0.4 is 10.2 Å². The van der Waals surface area contributed by atoms with Gasteiger partial charge in [-0.05, 0) is 62.7 Å². The second-order valence-corrected chi connectivity index (χ2v) is 7.79. The third kappa shape index (κ3) is 4.59. The quantitative estimate of drug-likeness (QED) is 0.283. The van der Waals surface area contributed by atoms with Crippen LogP contribution in [0, 0.1) is 3.57 Å². The van der Waals surface area contributed by atoms with Crippen molar-refractivity contribution in [2.75, 3.05) is 7.11 Å². The van der Waals surface area contributed by atoms with Gasteiger partial charge in [-0.2, -0.15) is 5.10 Å². The van der Waals surface area contributed by atoms with E-state index in [4.69, 9.17) is 4.74 Å². The molecule has 2 N–H and O–H groups in total. The number of benzene rings is 3. The van der Waals surface area contributed by atoms with E-state index in [-0.39, 0.29) is 18.1 Å². The monoisotopic (exact) mass is 538 g/mol. The molecule has 138 valence electrons. The minimum absolute atomic E-state index is 0.0846. The van der Waals surface area contributed by atoms with Gasteiger partial charge in [-0.15, -0.1) is 0 Å². The van der Waals surface area contributed by atoms with E-state index >= 15 is 0 Å². The van der Waals surface area contributed by atoms with Crippen LogP contribution in [0.4, 0.5) is 0 Å². The molecule has 0 unspecified atom stereocenters. The first-order chi connectivity index (χ1) is 13.0. The van der Waals surface area contributed by atoms with Gasteiger partial charge in [0.15, 0.2) is 11.5 Å². The Morgan fingerprint density at radius 3 is 2.74 bits per heavy atom. The van der Waals surface area contributed by atoms with Crippen molar-refractivity contribution < 1.29 is 14.6 Å². The van der Waals surface area contributed by atoms with Gasteiger partial charge in [-0.25, -0.2) is 5.43 Å². The van der Waals surface area contributed by atoms with E-state index < -0.39 is 0 Å². The minimum atomic E-state index is -0.209. The maximum Gasteiger partial charge on any atom is 0.244 e. The fourth-order valence-corrected chi connectivity index (χ4v) is 3.80. The molecule has 3 aromatic carbocycles. The molecule has 7 heteroatoms. The fraction of sp³-hybridized carbons (Fsp3) is 0.100. The number of fused-ring (bicyclic) bond motifs is 1. The highest BCUT2D eigenvalue weighted by molar-refractivity contribution is 14.1. The Bertz CT molecular complexity index is 1040. The summed E-state index contributed by atoms with van der Waals surface area (Å²) in [6.07, 6.45) is 1.74. The summed E-state index contributed by atoms with van der Waals surface area (Å²) in [7, 11) is 1.48. The van der Waals surface area contributed by atoms with Crippen LogP contribution in [0.2, 0.25) is 0 Å². The number of methoxy groups -OCH3 is 1. The van der Waals surface area contributed by atoms with Crippen molar-refractivity contribution in [1.82, 2.24) is 5.43 Å². The van der Waals surface area contributed by atoms with Gasteiger partial charge >= 0.3 is 0 Å². The number of ether oxygens (including phenoxy) is 1. The van der Waals surface area contributed by atoms with Crippen LogP contribution >= 0.6 is 38.5 Å². The molecule has 0 aliphatic carbocycles. The van der Waals surface area contributed by atoms with Gasteiger partial charge in [0.05, 0.1) is 23.3 Å². The van der Waals surface area contributed by atoms with Crippen LogP contribution in [-0.2, 0) is 11.2 Å². The molecule has 27 heavy (non-hydrogen) atoms. The van der Waals surface area contributed by atoms with Crippen molar-refractivity contribution >= 4 is 61.4 Å². The second kappa shape index (κ2) is 8.71. The third-order valence-corrected chi connectivity index (χ3v) is 5.50. The van der Waals surface area contributed by atoms with E-state index in [1.807, 2.05) is 59.0 Å². The molecule has 0 spiro atoms. The highest BCUT2D eigenvalue weighted by Gasteiger charge is 2.09. The van der Waals surface area contributed by atoms with Crippen molar-refractivity contribution in [3.63, 3.8) is 0 Å². The topological polar surface area (TPSA) is 70.9 Å². The molecule has 0 aromatic heterocycles. The van der Waals surface area contributed by atoms with Crippen molar-refractivity contribution in [2.24, 2.45) is 5.10 Å². The van der Waals surface area contributed by atoms with E-state index in [0.717, 1.165) is 20.8 Å². The molecule has 0 fully saturated rings. The number of carbonyl (C=O) groups is 1. The lowest BCUT2D eigenvalue weighted by molar-refractivity contribution is -0.120. The van der Waals surface area contributed by atoms with Crippen molar-refractivity contribution in [2.45, 2.75) is 6.42 Å². The number of amides is 1. The number of nitrogens with one attached hydrogen (secondary N) is 1. The van der Waals surface area contributed by atoms with Crippen LogP contribution in [-0.4, -0.2) is 24.3 Å².